The van der Waals surface area contributed by atoms with Gasteiger partial charge < -0.3 is 4.57 Å². The third-order valence-electron chi connectivity index (χ3n) is 1.74. The molecule has 1 aromatic carbocycles. The number of aromatic nitrogens is 1. The van der Waals surface area contributed by atoms with Gasteiger partial charge in [-0.3, -0.25) is 0 Å². The standard InChI is InChI=1S/C9H8NOP/c11-12-9-6-5-7-3-1-2-4-8(7)10-9/h1-6H,12H2. The summed E-state index contributed by atoms with van der Waals surface area (Å²) in [5.41, 5.74) is 1.60. The van der Waals surface area contributed by atoms with Crippen LogP contribution in [-0.4, -0.2) is 4.98 Å². The molecule has 1 atom stereocenters. The van der Waals surface area contributed by atoms with E-state index in [9.17, 15) is 4.57 Å². The van der Waals surface area contributed by atoms with Gasteiger partial charge in [0.15, 0.2) is 0 Å². The first kappa shape index (κ1) is 7.51. The van der Waals surface area contributed by atoms with E-state index in [-0.39, 0.29) is 0 Å². The van der Waals surface area contributed by atoms with Crippen LogP contribution in [0.1, 0.15) is 0 Å². The van der Waals surface area contributed by atoms with Gasteiger partial charge in [0.1, 0.15) is 8.46 Å². The first-order valence-electron chi connectivity index (χ1n) is 3.71. The molecule has 2 nitrogen and oxygen atoms in total. The summed E-state index contributed by atoms with van der Waals surface area (Å²) < 4.78 is 10.6. The van der Waals surface area contributed by atoms with Crippen molar-refractivity contribution in [3.8, 4) is 0 Å². The van der Waals surface area contributed by atoms with Crippen molar-refractivity contribution in [2.24, 2.45) is 0 Å². The van der Waals surface area contributed by atoms with Gasteiger partial charge in [-0.2, -0.15) is 0 Å². The number of fused-ring (bicyclic) bond motifs is 1. The molecule has 0 aliphatic heterocycles. The molecule has 0 N–H and O–H groups in total. The van der Waals surface area contributed by atoms with E-state index in [1.165, 1.54) is 0 Å². The third-order valence-corrected chi connectivity index (χ3v) is 2.30. The summed E-state index contributed by atoms with van der Waals surface area (Å²) in [4.78, 5) is 4.22. The van der Waals surface area contributed by atoms with Crippen molar-refractivity contribution in [2.75, 3.05) is 0 Å². The Morgan fingerprint density at radius 2 is 1.92 bits per heavy atom. The van der Waals surface area contributed by atoms with Gasteiger partial charge in [0, 0.05) is 5.39 Å². The summed E-state index contributed by atoms with van der Waals surface area (Å²) in [6.07, 6.45) is 0. The van der Waals surface area contributed by atoms with Crippen molar-refractivity contribution in [2.45, 2.75) is 0 Å². The maximum atomic E-state index is 10.6. The zero-order valence-electron chi connectivity index (χ0n) is 6.40. The largest absolute Gasteiger partial charge is 0.324 e. The molecule has 0 bridgehead atoms. The summed E-state index contributed by atoms with van der Waals surface area (Å²) in [7, 11) is -0.913. The molecular formula is C9H8NOP. The molecule has 1 unspecified atom stereocenters. The molecule has 0 saturated carbocycles. The average molecular weight is 177 g/mol. The van der Waals surface area contributed by atoms with Crippen molar-refractivity contribution in [3.63, 3.8) is 0 Å². The predicted molar refractivity (Wildman–Crippen MR) is 51.8 cm³/mol. The van der Waals surface area contributed by atoms with E-state index >= 15 is 0 Å². The molecule has 0 aliphatic rings. The molecule has 0 aliphatic carbocycles. The van der Waals surface area contributed by atoms with Gasteiger partial charge in [-0.05, 0) is 12.1 Å². The molecule has 3 heteroatoms. The topological polar surface area (TPSA) is 30.0 Å². The molecule has 0 fully saturated rings. The van der Waals surface area contributed by atoms with Gasteiger partial charge in [-0.1, -0.05) is 24.3 Å². The second-order valence-electron chi connectivity index (χ2n) is 2.55. The van der Waals surface area contributed by atoms with Crippen LogP contribution in [-0.2, 0) is 4.57 Å². The molecule has 0 radical (unpaired) electrons. The molecule has 1 aromatic heterocycles. The Morgan fingerprint density at radius 3 is 2.75 bits per heavy atom. The summed E-state index contributed by atoms with van der Waals surface area (Å²) in [6.45, 7) is 0. The maximum absolute atomic E-state index is 10.6. The highest BCUT2D eigenvalue weighted by molar-refractivity contribution is 7.33. The summed E-state index contributed by atoms with van der Waals surface area (Å²) in [6, 6.07) is 11.6. The lowest BCUT2D eigenvalue weighted by Gasteiger charge is -1.95. The molecule has 12 heavy (non-hydrogen) atoms. The second-order valence-corrected chi connectivity index (χ2v) is 3.37. The highest BCUT2D eigenvalue weighted by atomic mass is 31.1. The van der Waals surface area contributed by atoms with Crippen molar-refractivity contribution >= 4 is 24.8 Å². The molecule has 2 aromatic rings. The summed E-state index contributed by atoms with van der Waals surface area (Å²) >= 11 is 0. The van der Waals surface area contributed by atoms with Crippen LogP contribution in [0.2, 0.25) is 0 Å². The van der Waals surface area contributed by atoms with Crippen LogP contribution in [0.15, 0.2) is 36.4 Å². The van der Waals surface area contributed by atoms with E-state index in [0.717, 1.165) is 10.9 Å². The number of hydrogen-bond donors (Lipinski definition) is 0. The van der Waals surface area contributed by atoms with Crippen LogP contribution in [0.4, 0.5) is 0 Å². The Balaban J connectivity index is 2.75. The fourth-order valence-corrected chi connectivity index (χ4v) is 1.51. The summed E-state index contributed by atoms with van der Waals surface area (Å²) in [5.74, 6) is 0. The van der Waals surface area contributed by atoms with E-state index in [1.54, 1.807) is 0 Å². The van der Waals surface area contributed by atoms with Gasteiger partial charge in [0.2, 0.25) is 0 Å². The van der Waals surface area contributed by atoms with Gasteiger partial charge in [-0.15, -0.1) is 0 Å². The maximum Gasteiger partial charge on any atom is 0.110 e. The fourth-order valence-electron chi connectivity index (χ4n) is 1.15. The highest BCUT2D eigenvalue weighted by Gasteiger charge is 1.93. The van der Waals surface area contributed by atoms with E-state index in [1.807, 2.05) is 36.4 Å². The van der Waals surface area contributed by atoms with Crippen molar-refractivity contribution in [1.29, 1.82) is 0 Å². The lowest BCUT2D eigenvalue weighted by Crippen LogP contribution is -1.96. The second kappa shape index (κ2) is 3.08. The monoisotopic (exact) mass is 177 g/mol. The first-order chi connectivity index (χ1) is 5.90. The lowest BCUT2D eigenvalue weighted by atomic mass is 10.2. The van der Waals surface area contributed by atoms with Crippen LogP contribution in [0.5, 0.6) is 0 Å². The van der Waals surface area contributed by atoms with Crippen molar-refractivity contribution < 1.29 is 4.57 Å². The van der Waals surface area contributed by atoms with E-state index in [0.29, 0.717) is 5.44 Å². The zero-order valence-corrected chi connectivity index (χ0v) is 7.55. The Morgan fingerprint density at radius 1 is 1.08 bits per heavy atom. The number of benzene rings is 1. The van der Waals surface area contributed by atoms with Crippen molar-refractivity contribution in [1.82, 2.24) is 4.98 Å². The Hall–Kier alpha value is -1.14. The SMILES string of the molecule is O=[PH2]c1ccc2ccccc2n1. The van der Waals surface area contributed by atoms with Crippen LogP contribution in [0.3, 0.4) is 0 Å². The average Bonchev–Trinajstić information content (AvgIpc) is 2.17. The Labute approximate surface area is 71.5 Å². The minimum absolute atomic E-state index is 0.689. The number of nitrogens with zero attached hydrogens (tertiary/aromatic N) is 1. The van der Waals surface area contributed by atoms with Crippen molar-refractivity contribution in [3.05, 3.63) is 36.4 Å². The van der Waals surface area contributed by atoms with Crippen LogP contribution in [0, 0.1) is 0 Å². The number of para-hydroxylation sites is 1. The molecule has 0 saturated heterocycles. The molecule has 0 spiro atoms. The van der Waals surface area contributed by atoms with E-state index in [2.05, 4.69) is 4.98 Å². The van der Waals surface area contributed by atoms with Crippen LogP contribution >= 0.6 is 8.46 Å². The lowest BCUT2D eigenvalue weighted by molar-refractivity contribution is 0.602. The Kier molecular flexibility index (Phi) is 1.92. The minimum atomic E-state index is -0.913. The first-order valence-corrected chi connectivity index (χ1v) is 4.76. The third kappa shape index (κ3) is 1.26. The highest BCUT2D eigenvalue weighted by Crippen LogP contribution is 2.09. The summed E-state index contributed by atoms with van der Waals surface area (Å²) in [5, 5.41) is 1.09. The normalized spacial score (nSPS) is 11.3. The number of pyridine rings is 1. The smallest absolute Gasteiger partial charge is 0.110 e. The Bertz CT molecular complexity index is 428. The predicted octanol–water partition coefficient (Wildman–Crippen LogP) is 1.62. The zero-order chi connectivity index (χ0) is 8.39. The van der Waals surface area contributed by atoms with Gasteiger partial charge in [0.25, 0.3) is 0 Å². The molecule has 60 valence electrons. The molecule has 0 amide bonds. The van der Waals surface area contributed by atoms with Crippen LogP contribution in [0.25, 0.3) is 10.9 Å². The van der Waals surface area contributed by atoms with Crippen LogP contribution < -0.4 is 5.44 Å². The number of rotatable bonds is 1. The number of hydrogen-bond acceptors (Lipinski definition) is 2. The quantitative estimate of drug-likeness (QED) is 0.619. The minimum Gasteiger partial charge on any atom is -0.324 e. The van der Waals surface area contributed by atoms with Gasteiger partial charge >= 0.3 is 0 Å². The van der Waals surface area contributed by atoms with Gasteiger partial charge in [-0.25, -0.2) is 4.98 Å². The van der Waals surface area contributed by atoms with E-state index in [4.69, 9.17) is 0 Å². The van der Waals surface area contributed by atoms with Gasteiger partial charge in [0.05, 0.1) is 11.0 Å². The fraction of sp³-hybridized carbons (Fsp3) is 0. The van der Waals surface area contributed by atoms with E-state index < -0.39 is 8.46 Å². The molecule has 2 rings (SSSR count). The molecule has 1 heterocycles. The molecular weight excluding hydrogens is 169 g/mol.